The van der Waals surface area contributed by atoms with E-state index in [-0.39, 0.29) is 24.4 Å². The van der Waals surface area contributed by atoms with Gasteiger partial charge < -0.3 is 9.64 Å². The zero-order valence-corrected chi connectivity index (χ0v) is 15.2. The smallest absolute Gasteiger partial charge is 0.331 e. The van der Waals surface area contributed by atoms with E-state index in [1.165, 1.54) is 35.4 Å². The Morgan fingerprint density at radius 3 is 2.70 bits per heavy atom. The molecule has 140 valence electrons. The molecule has 0 saturated carbocycles. The molecule has 2 aromatic rings. The number of carbonyl (C=O) groups excluding carboxylic acids is 2. The molecule has 0 fully saturated rings. The van der Waals surface area contributed by atoms with Crippen LogP contribution in [0.25, 0.3) is 6.08 Å². The SMILES string of the molecule is CN(C(=O)COC(=O)/C=C/c1ccc(F)cc1)[C@H]1CCCc2ccccc21. The Morgan fingerprint density at radius 1 is 1.19 bits per heavy atom. The minimum absolute atomic E-state index is 0.0101. The van der Waals surface area contributed by atoms with Crippen molar-refractivity contribution in [3.8, 4) is 0 Å². The van der Waals surface area contributed by atoms with Gasteiger partial charge >= 0.3 is 5.97 Å². The summed E-state index contributed by atoms with van der Waals surface area (Å²) in [5.41, 5.74) is 3.12. The summed E-state index contributed by atoms with van der Waals surface area (Å²) in [5, 5.41) is 0. The van der Waals surface area contributed by atoms with Crippen molar-refractivity contribution in [2.24, 2.45) is 0 Å². The highest BCUT2D eigenvalue weighted by Gasteiger charge is 2.26. The lowest BCUT2D eigenvalue weighted by Crippen LogP contribution is -2.36. The summed E-state index contributed by atoms with van der Waals surface area (Å²) in [6.07, 6.45) is 5.71. The Morgan fingerprint density at radius 2 is 1.93 bits per heavy atom. The molecule has 0 aromatic heterocycles. The van der Waals surface area contributed by atoms with Crippen LogP contribution in [0.1, 0.15) is 35.6 Å². The van der Waals surface area contributed by atoms with Gasteiger partial charge in [0, 0.05) is 13.1 Å². The lowest BCUT2D eigenvalue weighted by Gasteiger charge is -2.33. The van der Waals surface area contributed by atoms with Gasteiger partial charge in [-0.25, -0.2) is 9.18 Å². The van der Waals surface area contributed by atoms with Gasteiger partial charge in [-0.15, -0.1) is 0 Å². The third-order valence-corrected chi connectivity index (χ3v) is 4.82. The van der Waals surface area contributed by atoms with Crippen LogP contribution < -0.4 is 0 Å². The van der Waals surface area contributed by atoms with Crippen molar-refractivity contribution in [2.45, 2.75) is 25.3 Å². The number of carbonyl (C=O) groups is 2. The van der Waals surface area contributed by atoms with Crippen molar-refractivity contribution >= 4 is 18.0 Å². The van der Waals surface area contributed by atoms with Crippen molar-refractivity contribution < 1.29 is 18.7 Å². The molecule has 2 aromatic carbocycles. The molecule has 1 amide bonds. The number of halogens is 1. The molecule has 1 aliphatic carbocycles. The number of rotatable bonds is 5. The average Bonchev–Trinajstić information content (AvgIpc) is 2.70. The maximum Gasteiger partial charge on any atom is 0.331 e. The summed E-state index contributed by atoms with van der Waals surface area (Å²) in [5.74, 6) is -1.18. The van der Waals surface area contributed by atoms with E-state index in [0.29, 0.717) is 5.56 Å². The van der Waals surface area contributed by atoms with Crippen LogP contribution >= 0.6 is 0 Å². The fraction of sp³-hybridized carbons (Fsp3) is 0.273. The lowest BCUT2D eigenvalue weighted by molar-refractivity contribution is -0.148. The van der Waals surface area contributed by atoms with Gasteiger partial charge in [-0.2, -0.15) is 0 Å². The van der Waals surface area contributed by atoms with E-state index < -0.39 is 5.97 Å². The molecule has 5 heteroatoms. The Balaban J connectivity index is 1.54. The molecule has 0 radical (unpaired) electrons. The zero-order valence-electron chi connectivity index (χ0n) is 15.2. The molecule has 4 nitrogen and oxygen atoms in total. The molecule has 27 heavy (non-hydrogen) atoms. The van der Waals surface area contributed by atoms with Crippen molar-refractivity contribution in [2.75, 3.05) is 13.7 Å². The van der Waals surface area contributed by atoms with E-state index in [0.717, 1.165) is 19.3 Å². The molecular formula is C22H22FNO3. The van der Waals surface area contributed by atoms with Crippen LogP contribution in [-0.2, 0) is 20.7 Å². The Kier molecular flexibility index (Phi) is 6.01. The number of hydrogen-bond donors (Lipinski definition) is 0. The van der Waals surface area contributed by atoms with E-state index in [9.17, 15) is 14.0 Å². The predicted molar refractivity (Wildman–Crippen MR) is 101 cm³/mol. The number of benzene rings is 2. The Bertz CT molecular complexity index is 845. The Hall–Kier alpha value is -2.95. The van der Waals surface area contributed by atoms with Crippen LogP contribution in [0.15, 0.2) is 54.6 Å². The standard InChI is InChI=1S/C22H22FNO3/c1-24(20-8-4-6-17-5-2-3-7-19(17)20)21(25)15-27-22(26)14-11-16-9-12-18(23)13-10-16/h2-3,5,7,9-14,20H,4,6,8,15H2,1H3/b14-11+/t20-/m0/s1. The largest absolute Gasteiger partial charge is 0.452 e. The molecule has 1 atom stereocenters. The van der Waals surface area contributed by atoms with E-state index in [2.05, 4.69) is 12.1 Å². The highest BCUT2D eigenvalue weighted by molar-refractivity contribution is 5.89. The first-order chi connectivity index (χ1) is 13.0. The van der Waals surface area contributed by atoms with Crippen molar-refractivity contribution in [3.63, 3.8) is 0 Å². The predicted octanol–water partition coefficient (Wildman–Crippen LogP) is 3.92. The number of amides is 1. The molecule has 0 unspecified atom stereocenters. The Labute approximate surface area is 158 Å². The van der Waals surface area contributed by atoms with Gasteiger partial charge in [0.2, 0.25) is 0 Å². The third kappa shape index (κ3) is 4.82. The quantitative estimate of drug-likeness (QED) is 0.594. The summed E-state index contributed by atoms with van der Waals surface area (Å²) in [4.78, 5) is 25.9. The molecule has 0 spiro atoms. The first kappa shape index (κ1) is 18.8. The van der Waals surface area contributed by atoms with Crippen LogP contribution in [0.5, 0.6) is 0 Å². The van der Waals surface area contributed by atoms with Crippen molar-refractivity contribution in [1.82, 2.24) is 4.90 Å². The summed E-state index contributed by atoms with van der Waals surface area (Å²) < 4.78 is 17.9. The minimum atomic E-state index is -0.606. The first-order valence-corrected chi connectivity index (χ1v) is 8.98. The van der Waals surface area contributed by atoms with Gasteiger partial charge in [0.1, 0.15) is 5.82 Å². The third-order valence-electron chi connectivity index (χ3n) is 4.82. The van der Waals surface area contributed by atoms with E-state index in [1.54, 1.807) is 24.1 Å². The highest BCUT2D eigenvalue weighted by Crippen LogP contribution is 2.33. The average molecular weight is 367 g/mol. The summed E-state index contributed by atoms with van der Waals surface area (Å²) in [6, 6.07) is 13.9. The molecule has 0 heterocycles. The van der Waals surface area contributed by atoms with Crippen LogP contribution in [0, 0.1) is 5.82 Å². The highest BCUT2D eigenvalue weighted by atomic mass is 19.1. The number of ether oxygens (including phenoxy) is 1. The van der Waals surface area contributed by atoms with Crippen molar-refractivity contribution in [3.05, 3.63) is 77.1 Å². The molecule has 0 aliphatic heterocycles. The van der Waals surface area contributed by atoms with Gasteiger partial charge in [0.15, 0.2) is 6.61 Å². The van der Waals surface area contributed by atoms with Crippen LogP contribution in [-0.4, -0.2) is 30.4 Å². The second-order valence-electron chi connectivity index (χ2n) is 6.60. The van der Waals surface area contributed by atoms with Crippen LogP contribution in [0.3, 0.4) is 0 Å². The number of likely N-dealkylation sites (N-methyl/N-ethyl adjacent to an activating group) is 1. The number of esters is 1. The van der Waals surface area contributed by atoms with Crippen LogP contribution in [0.2, 0.25) is 0 Å². The first-order valence-electron chi connectivity index (χ1n) is 8.98. The second kappa shape index (κ2) is 8.62. The van der Waals surface area contributed by atoms with Gasteiger partial charge in [-0.1, -0.05) is 36.4 Å². The lowest BCUT2D eigenvalue weighted by atomic mass is 9.87. The molecule has 3 rings (SSSR count). The van der Waals surface area contributed by atoms with Gasteiger partial charge in [-0.05, 0) is 54.2 Å². The van der Waals surface area contributed by atoms with Crippen LogP contribution in [0.4, 0.5) is 4.39 Å². The number of aryl methyl sites for hydroxylation is 1. The van der Waals surface area contributed by atoms with E-state index >= 15 is 0 Å². The van der Waals surface area contributed by atoms with E-state index in [1.807, 2.05) is 12.1 Å². The van der Waals surface area contributed by atoms with Gasteiger partial charge in [0.05, 0.1) is 6.04 Å². The number of hydrogen-bond acceptors (Lipinski definition) is 3. The monoisotopic (exact) mass is 367 g/mol. The number of nitrogens with zero attached hydrogens (tertiary/aromatic N) is 1. The van der Waals surface area contributed by atoms with Crippen molar-refractivity contribution in [1.29, 1.82) is 0 Å². The zero-order chi connectivity index (χ0) is 19.2. The number of fused-ring (bicyclic) bond motifs is 1. The topological polar surface area (TPSA) is 46.6 Å². The van der Waals surface area contributed by atoms with E-state index in [4.69, 9.17) is 4.74 Å². The molecule has 0 N–H and O–H groups in total. The normalized spacial score (nSPS) is 16.0. The maximum atomic E-state index is 12.9. The van der Waals surface area contributed by atoms with Gasteiger partial charge in [0.25, 0.3) is 5.91 Å². The minimum Gasteiger partial charge on any atom is -0.452 e. The molecule has 0 saturated heterocycles. The van der Waals surface area contributed by atoms with Gasteiger partial charge in [-0.3, -0.25) is 4.79 Å². The molecular weight excluding hydrogens is 345 g/mol. The summed E-state index contributed by atoms with van der Waals surface area (Å²) in [7, 11) is 1.75. The fourth-order valence-corrected chi connectivity index (χ4v) is 3.33. The second-order valence-corrected chi connectivity index (χ2v) is 6.60. The summed E-state index contributed by atoms with van der Waals surface area (Å²) >= 11 is 0. The maximum absolute atomic E-state index is 12.9. The summed E-state index contributed by atoms with van der Waals surface area (Å²) in [6.45, 7) is -0.304. The fourth-order valence-electron chi connectivity index (χ4n) is 3.33. The molecule has 0 bridgehead atoms. The molecule has 1 aliphatic rings.